The summed E-state index contributed by atoms with van der Waals surface area (Å²) in [5.41, 5.74) is 2.59. The Kier molecular flexibility index (Phi) is 2.49. The van der Waals surface area contributed by atoms with Crippen molar-refractivity contribution in [3.8, 4) is 0 Å². The van der Waals surface area contributed by atoms with Gasteiger partial charge in [-0.1, -0.05) is 36.4 Å². The molecule has 72 valence electrons. The minimum absolute atomic E-state index is 0.158. The predicted molar refractivity (Wildman–Crippen MR) is 57.8 cm³/mol. The van der Waals surface area contributed by atoms with E-state index < -0.39 is 0 Å². The number of ketones is 1. The first-order chi connectivity index (χ1) is 6.77. The second-order valence-electron chi connectivity index (χ2n) is 3.81. The first-order valence-electron chi connectivity index (χ1n) is 5.04. The van der Waals surface area contributed by atoms with Crippen LogP contribution in [0.4, 0.5) is 0 Å². The molecule has 0 saturated carbocycles. The van der Waals surface area contributed by atoms with E-state index in [1.54, 1.807) is 6.92 Å². The van der Waals surface area contributed by atoms with E-state index in [-0.39, 0.29) is 11.7 Å². The van der Waals surface area contributed by atoms with Crippen LogP contribution in [0.3, 0.4) is 0 Å². The lowest BCUT2D eigenvalue weighted by atomic mass is 10.1. The molecule has 0 heterocycles. The molecule has 1 nitrogen and oxygen atoms in total. The van der Waals surface area contributed by atoms with Crippen LogP contribution in [0.5, 0.6) is 0 Å². The van der Waals surface area contributed by atoms with E-state index in [1.165, 1.54) is 11.1 Å². The lowest BCUT2D eigenvalue weighted by Gasteiger charge is -1.99. The summed E-state index contributed by atoms with van der Waals surface area (Å²) in [6.07, 6.45) is 4.14. The molecular weight excluding hydrogens is 172 g/mol. The second-order valence-corrected chi connectivity index (χ2v) is 3.81. The van der Waals surface area contributed by atoms with E-state index in [0.29, 0.717) is 0 Å². The fourth-order valence-electron chi connectivity index (χ4n) is 1.93. The van der Waals surface area contributed by atoms with Crippen molar-refractivity contribution in [2.24, 2.45) is 5.92 Å². The summed E-state index contributed by atoms with van der Waals surface area (Å²) in [4.78, 5) is 11.2. The number of rotatable bonds is 2. The summed E-state index contributed by atoms with van der Waals surface area (Å²) in [5, 5.41) is 0. The van der Waals surface area contributed by atoms with Crippen LogP contribution in [0.15, 0.2) is 36.4 Å². The number of carbonyl (C=O) groups is 1. The van der Waals surface area contributed by atoms with Gasteiger partial charge in [0.25, 0.3) is 0 Å². The molecule has 0 N–H and O–H groups in total. The summed E-state index contributed by atoms with van der Waals surface area (Å²) in [7, 11) is 0. The molecule has 0 fully saturated rings. The molecule has 0 saturated heterocycles. The Hall–Kier alpha value is -1.37. The molecule has 1 atom stereocenters. The molecule has 1 aliphatic carbocycles. The van der Waals surface area contributed by atoms with E-state index in [2.05, 4.69) is 18.2 Å². The number of hydrogen-bond acceptors (Lipinski definition) is 1. The van der Waals surface area contributed by atoms with Gasteiger partial charge in [-0.25, -0.2) is 0 Å². The van der Waals surface area contributed by atoms with Crippen LogP contribution in [0, 0.1) is 5.92 Å². The third-order valence-electron chi connectivity index (χ3n) is 2.79. The largest absolute Gasteiger partial charge is 0.299 e. The fraction of sp³-hybridized carbons (Fsp3) is 0.308. The molecule has 0 amide bonds. The van der Waals surface area contributed by atoms with Gasteiger partial charge in [-0.05, 0) is 30.9 Å². The van der Waals surface area contributed by atoms with Gasteiger partial charge in [0.1, 0.15) is 5.78 Å². The minimum Gasteiger partial charge on any atom is -0.299 e. The van der Waals surface area contributed by atoms with Crippen molar-refractivity contribution in [1.82, 2.24) is 0 Å². The molecule has 0 radical (unpaired) electrons. The van der Waals surface area contributed by atoms with Crippen molar-refractivity contribution >= 4 is 11.4 Å². The standard InChI is InChI=1S/C13H14O/c1-10(14)12-7-8-13(9-12)11-5-3-2-4-6-11/h2-6,9,12H,7-8H2,1H3. The van der Waals surface area contributed by atoms with Crippen LogP contribution in [0.2, 0.25) is 0 Å². The summed E-state index contributed by atoms with van der Waals surface area (Å²) in [5.74, 6) is 0.445. The number of benzene rings is 1. The molecule has 0 spiro atoms. The first kappa shape index (κ1) is 9.20. The molecule has 0 bridgehead atoms. The molecular formula is C13H14O. The van der Waals surface area contributed by atoms with E-state index in [4.69, 9.17) is 0 Å². The second kappa shape index (κ2) is 3.79. The zero-order chi connectivity index (χ0) is 9.97. The quantitative estimate of drug-likeness (QED) is 0.693. The Morgan fingerprint density at radius 2 is 2.00 bits per heavy atom. The van der Waals surface area contributed by atoms with E-state index in [0.717, 1.165) is 12.8 Å². The summed E-state index contributed by atoms with van der Waals surface area (Å²) < 4.78 is 0. The fourth-order valence-corrected chi connectivity index (χ4v) is 1.93. The van der Waals surface area contributed by atoms with E-state index in [1.807, 2.05) is 18.2 Å². The van der Waals surface area contributed by atoms with Crippen molar-refractivity contribution in [2.75, 3.05) is 0 Å². The van der Waals surface area contributed by atoms with Crippen molar-refractivity contribution in [2.45, 2.75) is 19.8 Å². The Morgan fingerprint density at radius 3 is 2.57 bits per heavy atom. The topological polar surface area (TPSA) is 17.1 Å². The summed E-state index contributed by atoms with van der Waals surface area (Å²) in [6, 6.07) is 10.3. The molecule has 1 heteroatoms. The van der Waals surface area contributed by atoms with E-state index >= 15 is 0 Å². The maximum Gasteiger partial charge on any atom is 0.136 e. The van der Waals surface area contributed by atoms with Crippen molar-refractivity contribution in [1.29, 1.82) is 0 Å². The van der Waals surface area contributed by atoms with Crippen LogP contribution in [0.25, 0.3) is 5.57 Å². The Morgan fingerprint density at radius 1 is 1.29 bits per heavy atom. The monoisotopic (exact) mass is 186 g/mol. The van der Waals surface area contributed by atoms with Crippen molar-refractivity contribution in [3.63, 3.8) is 0 Å². The number of carbonyl (C=O) groups excluding carboxylic acids is 1. The maximum atomic E-state index is 11.2. The smallest absolute Gasteiger partial charge is 0.136 e. The highest BCUT2D eigenvalue weighted by molar-refractivity contribution is 5.84. The minimum atomic E-state index is 0.158. The van der Waals surface area contributed by atoms with Crippen LogP contribution < -0.4 is 0 Å². The third-order valence-corrected chi connectivity index (χ3v) is 2.79. The Balaban J connectivity index is 2.22. The first-order valence-corrected chi connectivity index (χ1v) is 5.04. The van der Waals surface area contributed by atoms with Gasteiger partial charge in [0.15, 0.2) is 0 Å². The van der Waals surface area contributed by atoms with Gasteiger partial charge >= 0.3 is 0 Å². The van der Waals surface area contributed by atoms with Crippen LogP contribution in [-0.2, 0) is 4.79 Å². The van der Waals surface area contributed by atoms with Gasteiger partial charge in [0.05, 0.1) is 0 Å². The zero-order valence-electron chi connectivity index (χ0n) is 8.36. The molecule has 1 aromatic rings. The normalized spacial score (nSPS) is 20.6. The molecule has 2 rings (SSSR count). The molecule has 1 aromatic carbocycles. The van der Waals surface area contributed by atoms with Crippen molar-refractivity contribution in [3.05, 3.63) is 42.0 Å². The molecule has 0 aliphatic heterocycles. The highest BCUT2D eigenvalue weighted by atomic mass is 16.1. The number of allylic oxidation sites excluding steroid dienone is 2. The SMILES string of the molecule is CC(=O)C1C=C(c2ccccc2)CC1. The van der Waals surface area contributed by atoms with Gasteiger partial charge in [-0.2, -0.15) is 0 Å². The Labute approximate surface area is 84.5 Å². The number of hydrogen-bond donors (Lipinski definition) is 0. The molecule has 14 heavy (non-hydrogen) atoms. The predicted octanol–water partition coefficient (Wildman–Crippen LogP) is 3.07. The zero-order valence-corrected chi connectivity index (χ0v) is 8.36. The highest BCUT2D eigenvalue weighted by Crippen LogP contribution is 2.31. The van der Waals surface area contributed by atoms with Gasteiger partial charge in [-0.15, -0.1) is 0 Å². The molecule has 1 unspecified atom stereocenters. The Bertz CT molecular complexity index is 362. The summed E-state index contributed by atoms with van der Waals surface area (Å²) in [6.45, 7) is 1.68. The van der Waals surface area contributed by atoms with Gasteiger partial charge in [0.2, 0.25) is 0 Å². The lowest BCUT2D eigenvalue weighted by Crippen LogP contribution is -2.03. The highest BCUT2D eigenvalue weighted by Gasteiger charge is 2.19. The average Bonchev–Trinajstić information content (AvgIpc) is 2.68. The van der Waals surface area contributed by atoms with Crippen LogP contribution in [-0.4, -0.2) is 5.78 Å². The lowest BCUT2D eigenvalue weighted by molar-refractivity contribution is -0.119. The van der Waals surface area contributed by atoms with Crippen molar-refractivity contribution < 1.29 is 4.79 Å². The molecule has 1 aliphatic rings. The summed E-state index contributed by atoms with van der Waals surface area (Å²) >= 11 is 0. The van der Waals surface area contributed by atoms with Gasteiger partial charge in [-0.3, -0.25) is 4.79 Å². The van der Waals surface area contributed by atoms with Crippen LogP contribution >= 0.6 is 0 Å². The van der Waals surface area contributed by atoms with Crippen LogP contribution in [0.1, 0.15) is 25.3 Å². The molecule has 0 aromatic heterocycles. The average molecular weight is 186 g/mol. The maximum absolute atomic E-state index is 11.2. The van der Waals surface area contributed by atoms with E-state index in [9.17, 15) is 4.79 Å². The van der Waals surface area contributed by atoms with Gasteiger partial charge < -0.3 is 0 Å². The number of Topliss-reactive ketones (excluding diaryl/α,β-unsaturated/α-hetero) is 1. The third kappa shape index (κ3) is 1.77. The van der Waals surface area contributed by atoms with Gasteiger partial charge in [0, 0.05) is 5.92 Å².